The van der Waals surface area contributed by atoms with E-state index in [9.17, 15) is 9.59 Å². The van der Waals surface area contributed by atoms with E-state index in [1.165, 1.54) is 7.11 Å². The number of carbonyl (C=O) groups is 2. The van der Waals surface area contributed by atoms with Gasteiger partial charge in [-0.15, -0.1) is 0 Å². The van der Waals surface area contributed by atoms with Crippen LogP contribution < -0.4 is 5.32 Å². The van der Waals surface area contributed by atoms with E-state index in [0.717, 1.165) is 5.56 Å². The van der Waals surface area contributed by atoms with Crippen LogP contribution in [0.2, 0.25) is 0 Å². The second kappa shape index (κ2) is 7.32. The highest BCUT2D eigenvalue weighted by Gasteiger charge is 2.16. The predicted molar refractivity (Wildman–Crippen MR) is 66.3 cm³/mol. The second-order valence-corrected chi connectivity index (χ2v) is 3.95. The van der Waals surface area contributed by atoms with Gasteiger partial charge in [-0.2, -0.15) is 0 Å². The second-order valence-electron chi connectivity index (χ2n) is 3.95. The Morgan fingerprint density at radius 2 is 2.00 bits per heavy atom. The van der Waals surface area contributed by atoms with Crippen LogP contribution in [0.3, 0.4) is 0 Å². The molecule has 18 heavy (non-hydrogen) atoms. The topological polar surface area (TPSA) is 75.6 Å². The Bertz CT molecular complexity index is 391. The molecule has 1 atom stereocenters. The number of carboxylic acid groups (broad SMARTS) is 1. The maximum Gasteiger partial charge on any atom is 0.404 e. The maximum absolute atomic E-state index is 11.2. The molecule has 5 nitrogen and oxygen atoms in total. The van der Waals surface area contributed by atoms with Crippen LogP contribution in [-0.2, 0) is 16.0 Å². The van der Waals surface area contributed by atoms with Crippen molar-refractivity contribution < 1.29 is 19.4 Å². The molecule has 1 aromatic rings. The number of esters is 1. The summed E-state index contributed by atoms with van der Waals surface area (Å²) in [4.78, 5) is 21.8. The molecule has 0 aliphatic heterocycles. The Kier molecular flexibility index (Phi) is 5.70. The Hall–Kier alpha value is -2.04. The summed E-state index contributed by atoms with van der Waals surface area (Å²) in [5.41, 5.74) is 1.11. The van der Waals surface area contributed by atoms with Crippen LogP contribution in [0.25, 0.3) is 0 Å². The number of hydrogen-bond acceptors (Lipinski definition) is 3. The summed E-state index contributed by atoms with van der Waals surface area (Å²) >= 11 is 0. The Labute approximate surface area is 106 Å². The Morgan fingerprint density at radius 3 is 2.56 bits per heavy atom. The number of aryl methyl sites for hydroxylation is 1. The van der Waals surface area contributed by atoms with Crippen LogP contribution in [-0.4, -0.2) is 30.3 Å². The fraction of sp³-hybridized carbons (Fsp3) is 0.385. The predicted octanol–water partition coefficient (Wildman–Crippen LogP) is 1.82. The van der Waals surface area contributed by atoms with E-state index in [4.69, 9.17) is 5.11 Å². The summed E-state index contributed by atoms with van der Waals surface area (Å²) in [5, 5.41) is 11.0. The number of benzene rings is 1. The van der Waals surface area contributed by atoms with Gasteiger partial charge in [-0.05, 0) is 18.4 Å². The van der Waals surface area contributed by atoms with Gasteiger partial charge in [0.15, 0.2) is 0 Å². The summed E-state index contributed by atoms with van der Waals surface area (Å²) in [6, 6.07) is 9.29. The third-order valence-corrected chi connectivity index (χ3v) is 2.59. The van der Waals surface area contributed by atoms with Gasteiger partial charge in [0, 0.05) is 6.04 Å². The zero-order valence-electron chi connectivity index (χ0n) is 10.3. The van der Waals surface area contributed by atoms with E-state index < -0.39 is 18.1 Å². The van der Waals surface area contributed by atoms with E-state index >= 15 is 0 Å². The van der Waals surface area contributed by atoms with E-state index in [0.29, 0.717) is 12.8 Å². The monoisotopic (exact) mass is 251 g/mol. The summed E-state index contributed by atoms with van der Waals surface area (Å²) in [6.45, 7) is 0. The third kappa shape index (κ3) is 5.34. The van der Waals surface area contributed by atoms with Crippen LogP contribution in [0.15, 0.2) is 30.3 Å². The first-order valence-electron chi connectivity index (χ1n) is 5.72. The highest BCUT2D eigenvalue weighted by Crippen LogP contribution is 2.08. The molecule has 0 saturated carbocycles. The minimum absolute atomic E-state index is 0.0512. The lowest BCUT2D eigenvalue weighted by Crippen LogP contribution is -2.36. The quantitative estimate of drug-likeness (QED) is 0.756. The van der Waals surface area contributed by atoms with Gasteiger partial charge >= 0.3 is 12.1 Å². The molecule has 1 amide bonds. The van der Waals surface area contributed by atoms with Crippen molar-refractivity contribution in [1.82, 2.24) is 5.32 Å². The Morgan fingerprint density at radius 1 is 1.33 bits per heavy atom. The molecule has 0 radical (unpaired) electrons. The van der Waals surface area contributed by atoms with Crippen molar-refractivity contribution in [3.05, 3.63) is 35.9 Å². The first kappa shape index (κ1) is 14.0. The Balaban J connectivity index is 2.50. The first-order valence-corrected chi connectivity index (χ1v) is 5.72. The molecule has 0 aliphatic rings. The first-order chi connectivity index (χ1) is 8.61. The van der Waals surface area contributed by atoms with E-state index in [1.807, 2.05) is 30.3 Å². The summed E-state index contributed by atoms with van der Waals surface area (Å²) in [6.07, 6.45) is 0.195. The minimum atomic E-state index is -1.13. The molecule has 0 heterocycles. The fourth-order valence-electron chi connectivity index (χ4n) is 1.67. The van der Waals surface area contributed by atoms with Gasteiger partial charge in [-0.3, -0.25) is 4.79 Å². The van der Waals surface area contributed by atoms with E-state index in [2.05, 4.69) is 10.1 Å². The molecule has 2 N–H and O–H groups in total. The molecular formula is C13H17NO4. The number of rotatable bonds is 6. The lowest BCUT2D eigenvalue weighted by molar-refractivity contribution is -0.141. The molecule has 98 valence electrons. The molecular weight excluding hydrogens is 234 g/mol. The third-order valence-electron chi connectivity index (χ3n) is 2.59. The maximum atomic E-state index is 11.2. The average Bonchev–Trinajstić information content (AvgIpc) is 2.36. The molecule has 0 bridgehead atoms. The van der Waals surface area contributed by atoms with Crippen molar-refractivity contribution in [2.24, 2.45) is 0 Å². The van der Waals surface area contributed by atoms with Gasteiger partial charge in [0.2, 0.25) is 0 Å². The number of nitrogens with one attached hydrogen (secondary N) is 1. The zero-order valence-corrected chi connectivity index (χ0v) is 10.3. The molecule has 0 unspecified atom stereocenters. The molecule has 0 aliphatic carbocycles. The molecule has 0 fully saturated rings. The summed E-state index contributed by atoms with van der Waals surface area (Å²) < 4.78 is 4.54. The van der Waals surface area contributed by atoms with E-state index in [1.54, 1.807) is 0 Å². The normalized spacial score (nSPS) is 11.6. The molecule has 0 saturated heterocycles. The van der Waals surface area contributed by atoms with Crippen LogP contribution in [0.5, 0.6) is 0 Å². The molecule has 1 aromatic carbocycles. The number of hydrogen-bond donors (Lipinski definition) is 2. The van der Waals surface area contributed by atoms with Crippen LogP contribution in [0, 0.1) is 0 Å². The largest absolute Gasteiger partial charge is 0.469 e. The molecule has 0 spiro atoms. The van der Waals surface area contributed by atoms with E-state index in [-0.39, 0.29) is 6.42 Å². The number of methoxy groups -OCH3 is 1. The lowest BCUT2D eigenvalue weighted by atomic mass is 10.0. The van der Waals surface area contributed by atoms with Crippen molar-refractivity contribution in [3.63, 3.8) is 0 Å². The van der Waals surface area contributed by atoms with Crippen molar-refractivity contribution in [1.29, 1.82) is 0 Å². The molecule has 0 aromatic heterocycles. The highest BCUT2D eigenvalue weighted by atomic mass is 16.5. The highest BCUT2D eigenvalue weighted by molar-refractivity contribution is 5.71. The molecule has 1 rings (SSSR count). The summed E-state index contributed by atoms with van der Waals surface area (Å²) in [7, 11) is 1.29. The SMILES string of the molecule is COC(=O)C[C@@H](CCc1ccccc1)NC(=O)O. The van der Waals surface area contributed by atoms with Gasteiger partial charge in [0.25, 0.3) is 0 Å². The summed E-state index contributed by atoms with van der Waals surface area (Å²) in [5.74, 6) is -0.415. The van der Waals surface area contributed by atoms with Crippen LogP contribution >= 0.6 is 0 Å². The minimum Gasteiger partial charge on any atom is -0.469 e. The number of amides is 1. The standard InChI is InChI=1S/C13H17NO4/c1-18-12(15)9-11(14-13(16)17)8-7-10-5-3-2-4-6-10/h2-6,11,14H,7-9H2,1H3,(H,16,17)/t11-/m1/s1. The number of ether oxygens (including phenoxy) is 1. The van der Waals surface area contributed by atoms with Gasteiger partial charge < -0.3 is 15.2 Å². The lowest BCUT2D eigenvalue weighted by Gasteiger charge is -2.15. The number of carbonyl (C=O) groups excluding carboxylic acids is 1. The average molecular weight is 251 g/mol. The van der Waals surface area contributed by atoms with Crippen molar-refractivity contribution in [2.45, 2.75) is 25.3 Å². The van der Waals surface area contributed by atoms with Gasteiger partial charge in [-0.25, -0.2) is 4.79 Å². The van der Waals surface area contributed by atoms with Crippen LogP contribution in [0.1, 0.15) is 18.4 Å². The smallest absolute Gasteiger partial charge is 0.404 e. The van der Waals surface area contributed by atoms with Crippen molar-refractivity contribution in [3.8, 4) is 0 Å². The van der Waals surface area contributed by atoms with Crippen LogP contribution in [0.4, 0.5) is 4.79 Å². The fourth-order valence-corrected chi connectivity index (χ4v) is 1.67. The van der Waals surface area contributed by atoms with Gasteiger partial charge in [0.05, 0.1) is 13.5 Å². The van der Waals surface area contributed by atoms with Crippen molar-refractivity contribution in [2.75, 3.05) is 7.11 Å². The van der Waals surface area contributed by atoms with Crippen molar-refractivity contribution >= 4 is 12.1 Å². The zero-order chi connectivity index (χ0) is 13.4. The van der Waals surface area contributed by atoms with Gasteiger partial charge in [0.1, 0.15) is 0 Å². The van der Waals surface area contributed by atoms with Gasteiger partial charge in [-0.1, -0.05) is 30.3 Å². The molecule has 5 heteroatoms.